The maximum absolute atomic E-state index is 5.88. The lowest BCUT2D eigenvalue weighted by atomic mass is 10.0. The van der Waals surface area contributed by atoms with Crippen LogP contribution in [0.1, 0.15) is 40.0 Å². The van der Waals surface area contributed by atoms with Gasteiger partial charge >= 0.3 is 0 Å². The van der Waals surface area contributed by atoms with Crippen LogP contribution in [0.2, 0.25) is 0 Å². The topological polar surface area (TPSA) is 24.5 Å². The van der Waals surface area contributed by atoms with E-state index in [0.717, 1.165) is 12.2 Å². The Hall–Kier alpha value is -1.22. The van der Waals surface area contributed by atoms with Crippen molar-refractivity contribution in [2.45, 2.75) is 52.2 Å². The average Bonchev–Trinajstić information content (AvgIpc) is 2.48. The predicted octanol–water partition coefficient (Wildman–Crippen LogP) is 3.76. The average molecular weight is 276 g/mol. The second kappa shape index (κ2) is 7.53. The normalized spacial score (nSPS) is 18.8. The van der Waals surface area contributed by atoms with Crippen molar-refractivity contribution in [2.75, 3.05) is 25.0 Å². The molecular weight excluding hydrogens is 248 g/mol. The lowest BCUT2D eigenvalue weighted by molar-refractivity contribution is 0.217. The molecule has 1 atom stereocenters. The van der Waals surface area contributed by atoms with Crippen molar-refractivity contribution in [3.8, 4) is 5.75 Å². The summed E-state index contributed by atoms with van der Waals surface area (Å²) < 4.78 is 5.88. The number of ether oxygens (including phenoxy) is 1. The second-order valence-corrected chi connectivity index (χ2v) is 5.72. The molecule has 112 valence electrons. The van der Waals surface area contributed by atoms with Crippen molar-refractivity contribution < 1.29 is 4.74 Å². The van der Waals surface area contributed by atoms with Crippen LogP contribution < -0.4 is 10.1 Å². The molecule has 0 saturated carbocycles. The monoisotopic (exact) mass is 276 g/mol. The summed E-state index contributed by atoms with van der Waals surface area (Å²) in [6.45, 7) is 10.1. The highest BCUT2D eigenvalue weighted by Gasteiger charge is 2.17. The van der Waals surface area contributed by atoms with Crippen molar-refractivity contribution in [2.24, 2.45) is 0 Å². The third-order valence-electron chi connectivity index (χ3n) is 4.15. The quantitative estimate of drug-likeness (QED) is 0.856. The minimum absolute atomic E-state index is 0.276. The summed E-state index contributed by atoms with van der Waals surface area (Å²) in [7, 11) is 0. The van der Waals surface area contributed by atoms with Crippen molar-refractivity contribution in [3.63, 3.8) is 0 Å². The van der Waals surface area contributed by atoms with E-state index in [1.807, 2.05) is 6.07 Å². The van der Waals surface area contributed by atoms with E-state index < -0.39 is 0 Å². The molecule has 2 rings (SSSR count). The summed E-state index contributed by atoms with van der Waals surface area (Å²) in [6.07, 6.45) is 3.76. The lowest BCUT2D eigenvalue weighted by Crippen LogP contribution is -2.38. The highest BCUT2D eigenvalue weighted by molar-refractivity contribution is 5.49. The van der Waals surface area contributed by atoms with E-state index in [4.69, 9.17) is 4.74 Å². The molecule has 0 bridgehead atoms. The fourth-order valence-electron chi connectivity index (χ4n) is 2.60. The zero-order chi connectivity index (χ0) is 14.4. The molecule has 0 aliphatic carbocycles. The molecule has 1 unspecified atom stereocenters. The number of nitrogens with one attached hydrogen (secondary N) is 1. The third-order valence-corrected chi connectivity index (χ3v) is 4.15. The summed E-state index contributed by atoms with van der Waals surface area (Å²) >= 11 is 0. The molecule has 1 aromatic carbocycles. The first-order valence-electron chi connectivity index (χ1n) is 7.96. The Morgan fingerprint density at radius 3 is 2.70 bits per heavy atom. The van der Waals surface area contributed by atoms with Crippen LogP contribution in [0.15, 0.2) is 24.3 Å². The van der Waals surface area contributed by atoms with Gasteiger partial charge in [0.25, 0.3) is 0 Å². The standard InChI is InChI=1S/C17H28N2O/c1-4-14(3)20-17-8-6-7-16(13-17)18-15-9-11-19(5-2)12-10-15/h6-8,13-15,18H,4-5,9-12H2,1-3H3. The second-order valence-electron chi connectivity index (χ2n) is 5.72. The number of hydrogen-bond acceptors (Lipinski definition) is 3. The molecule has 1 N–H and O–H groups in total. The van der Waals surface area contributed by atoms with Crippen LogP contribution >= 0.6 is 0 Å². The molecule has 0 amide bonds. The molecule has 3 nitrogen and oxygen atoms in total. The zero-order valence-electron chi connectivity index (χ0n) is 13.1. The van der Waals surface area contributed by atoms with Crippen LogP contribution in [0.4, 0.5) is 5.69 Å². The van der Waals surface area contributed by atoms with E-state index in [-0.39, 0.29) is 6.10 Å². The number of benzene rings is 1. The highest BCUT2D eigenvalue weighted by atomic mass is 16.5. The fraction of sp³-hybridized carbons (Fsp3) is 0.647. The maximum atomic E-state index is 5.88. The molecule has 0 radical (unpaired) electrons. The van der Waals surface area contributed by atoms with Gasteiger partial charge in [0.05, 0.1) is 6.10 Å². The van der Waals surface area contributed by atoms with E-state index in [0.29, 0.717) is 6.04 Å². The Bertz CT molecular complexity index is 400. The van der Waals surface area contributed by atoms with E-state index in [9.17, 15) is 0 Å². The van der Waals surface area contributed by atoms with Gasteiger partial charge in [-0.25, -0.2) is 0 Å². The van der Waals surface area contributed by atoms with E-state index in [1.54, 1.807) is 0 Å². The van der Waals surface area contributed by atoms with Gasteiger partial charge in [-0.3, -0.25) is 0 Å². The van der Waals surface area contributed by atoms with E-state index >= 15 is 0 Å². The largest absolute Gasteiger partial charge is 0.491 e. The van der Waals surface area contributed by atoms with E-state index in [1.165, 1.54) is 38.2 Å². The Balaban J connectivity index is 1.88. The Kier molecular flexibility index (Phi) is 5.72. The first kappa shape index (κ1) is 15.2. The van der Waals surface area contributed by atoms with Crippen LogP contribution in [0, 0.1) is 0 Å². The van der Waals surface area contributed by atoms with Gasteiger partial charge in [-0.1, -0.05) is 19.9 Å². The van der Waals surface area contributed by atoms with Gasteiger partial charge in [0, 0.05) is 30.9 Å². The minimum atomic E-state index is 0.276. The number of likely N-dealkylation sites (tertiary alicyclic amines) is 1. The van der Waals surface area contributed by atoms with Crippen molar-refractivity contribution >= 4 is 5.69 Å². The van der Waals surface area contributed by atoms with Gasteiger partial charge in [-0.2, -0.15) is 0 Å². The van der Waals surface area contributed by atoms with Gasteiger partial charge in [-0.15, -0.1) is 0 Å². The van der Waals surface area contributed by atoms with Crippen LogP contribution in [0.3, 0.4) is 0 Å². The van der Waals surface area contributed by atoms with Gasteiger partial charge in [0.1, 0.15) is 5.75 Å². The lowest BCUT2D eigenvalue weighted by Gasteiger charge is -2.32. The predicted molar refractivity (Wildman–Crippen MR) is 85.6 cm³/mol. The van der Waals surface area contributed by atoms with Crippen molar-refractivity contribution in [1.29, 1.82) is 0 Å². The van der Waals surface area contributed by atoms with Gasteiger partial charge in [-0.05, 0) is 44.9 Å². The number of nitrogens with zero attached hydrogens (tertiary/aromatic N) is 1. The molecule has 0 aromatic heterocycles. The molecular formula is C17H28N2O. The molecule has 1 saturated heterocycles. The number of piperidine rings is 1. The SMILES string of the molecule is CCC(C)Oc1cccc(NC2CCN(CC)CC2)c1. The summed E-state index contributed by atoms with van der Waals surface area (Å²) in [5.74, 6) is 0.968. The summed E-state index contributed by atoms with van der Waals surface area (Å²) in [6, 6.07) is 8.96. The molecule has 1 heterocycles. The Labute approximate surface area is 123 Å². The van der Waals surface area contributed by atoms with Gasteiger partial charge < -0.3 is 15.0 Å². The Morgan fingerprint density at radius 1 is 1.30 bits per heavy atom. The number of rotatable bonds is 6. The third kappa shape index (κ3) is 4.41. The molecule has 1 fully saturated rings. The van der Waals surface area contributed by atoms with Crippen LogP contribution in [-0.2, 0) is 0 Å². The molecule has 1 aromatic rings. The Morgan fingerprint density at radius 2 is 2.05 bits per heavy atom. The minimum Gasteiger partial charge on any atom is -0.491 e. The first-order valence-corrected chi connectivity index (χ1v) is 7.96. The van der Waals surface area contributed by atoms with Gasteiger partial charge in [0.15, 0.2) is 0 Å². The van der Waals surface area contributed by atoms with Crippen LogP contribution in [0.5, 0.6) is 5.75 Å². The molecule has 0 spiro atoms. The maximum Gasteiger partial charge on any atom is 0.121 e. The highest BCUT2D eigenvalue weighted by Crippen LogP contribution is 2.22. The van der Waals surface area contributed by atoms with Crippen LogP contribution in [-0.4, -0.2) is 36.7 Å². The van der Waals surface area contributed by atoms with Gasteiger partial charge in [0.2, 0.25) is 0 Å². The first-order chi connectivity index (χ1) is 9.71. The van der Waals surface area contributed by atoms with Crippen LogP contribution in [0.25, 0.3) is 0 Å². The molecule has 1 aliphatic rings. The summed E-state index contributed by atoms with van der Waals surface area (Å²) in [4.78, 5) is 2.51. The summed E-state index contributed by atoms with van der Waals surface area (Å²) in [5, 5.41) is 3.65. The summed E-state index contributed by atoms with van der Waals surface area (Å²) in [5.41, 5.74) is 1.18. The smallest absolute Gasteiger partial charge is 0.121 e. The van der Waals surface area contributed by atoms with Crippen molar-refractivity contribution in [1.82, 2.24) is 4.90 Å². The number of anilines is 1. The molecule has 3 heteroatoms. The van der Waals surface area contributed by atoms with E-state index in [2.05, 4.69) is 49.2 Å². The number of hydrogen-bond donors (Lipinski definition) is 1. The fourth-order valence-corrected chi connectivity index (χ4v) is 2.60. The van der Waals surface area contributed by atoms with Crippen molar-refractivity contribution in [3.05, 3.63) is 24.3 Å². The molecule has 20 heavy (non-hydrogen) atoms. The molecule has 1 aliphatic heterocycles. The zero-order valence-corrected chi connectivity index (χ0v) is 13.1.